The third kappa shape index (κ3) is 3.17. The van der Waals surface area contributed by atoms with E-state index in [1.165, 1.54) is 12.1 Å². The minimum atomic E-state index is -4.95. The Bertz CT molecular complexity index is 637. The highest BCUT2D eigenvalue weighted by atomic mass is 19.4. The molecule has 0 fully saturated rings. The molecule has 0 saturated heterocycles. The maximum Gasteiger partial charge on any atom is 0.573 e. The minimum absolute atomic E-state index is 0.138. The predicted molar refractivity (Wildman–Crippen MR) is 60.1 cm³/mol. The molecule has 0 aliphatic rings. The van der Waals surface area contributed by atoms with Crippen LogP contribution in [0.25, 0.3) is 11.1 Å². The van der Waals surface area contributed by atoms with Crippen molar-refractivity contribution in [3.8, 4) is 22.6 Å². The molecule has 106 valence electrons. The fourth-order valence-corrected chi connectivity index (χ4v) is 1.66. The van der Waals surface area contributed by atoms with Crippen molar-refractivity contribution in [2.75, 3.05) is 0 Å². The molecule has 1 N–H and O–H groups in total. The zero-order chi connectivity index (χ0) is 14.9. The summed E-state index contributed by atoms with van der Waals surface area (Å²) in [5, 5.41) is 9.35. The maximum absolute atomic E-state index is 13.6. The second-order valence-corrected chi connectivity index (χ2v) is 3.86. The number of benzene rings is 2. The van der Waals surface area contributed by atoms with E-state index < -0.39 is 29.5 Å². The summed E-state index contributed by atoms with van der Waals surface area (Å²) in [7, 11) is 0. The molecule has 0 atom stereocenters. The van der Waals surface area contributed by atoms with Gasteiger partial charge in [-0.15, -0.1) is 13.2 Å². The van der Waals surface area contributed by atoms with Gasteiger partial charge >= 0.3 is 6.36 Å². The summed E-state index contributed by atoms with van der Waals surface area (Å²) < 4.78 is 66.6. The molecule has 0 aliphatic heterocycles. The van der Waals surface area contributed by atoms with Crippen molar-refractivity contribution >= 4 is 0 Å². The Morgan fingerprint density at radius 1 is 1.00 bits per heavy atom. The Morgan fingerprint density at radius 2 is 1.70 bits per heavy atom. The first-order valence-corrected chi connectivity index (χ1v) is 5.30. The summed E-state index contributed by atoms with van der Waals surface area (Å²) in [6.45, 7) is 0. The van der Waals surface area contributed by atoms with E-state index in [2.05, 4.69) is 4.74 Å². The number of halogens is 5. The lowest BCUT2D eigenvalue weighted by atomic mass is 10.0. The number of hydrogen-bond donors (Lipinski definition) is 1. The van der Waals surface area contributed by atoms with E-state index in [0.29, 0.717) is 6.07 Å². The third-order valence-electron chi connectivity index (χ3n) is 2.39. The lowest BCUT2D eigenvalue weighted by molar-refractivity contribution is -0.274. The summed E-state index contributed by atoms with van der Waals surface area (Å²) in [5.41, 5.74) is -0.422. The molecule has 0 unspecified atom stereocenters. The van der Waals surface area contributed by atoms with E-state index in [4.69, 9.17) is 0 Å². The van der Waals surface area contributed by atoms with E-state index in [9.17, 15) is 27.1 Å². The lowest BCUT2D eigenvalue weighted by Gasteiger charge is -2.11. The van der Waals surface area contributed by atoms with Crippen LogP contribution in [0.15, 0.2) is 36.4 Å². The van der Waals surface area contributed by atoms with Crippen molar-refractivity contribution in [3.63, 3.8) is 0 Å². The van der Waals surface area contributed by atoms with Gasteiger partial charge in [0.15, 0.2) is 11.6 Å². The Balaban J connectivity index is 2.50. The van der Waals surface area contributed by atoms with Gasteiger partial charge in [-0.2, -0.15) is 0 Å². The van der Waals surface area contributed by atoms with E-state index in [1.807, 2.05) is 0 Å². The van der Waals surface area contributed by atoms with Gasteiger partial charge in [0.25, 0.3) is 0 Å². The second kappa shape index (κ2) is 4.99. The zero-order valence-electron chi connectivity index (χ0n) is 9.71. The van der Waals surface area contributed by atoms with Gasteiger partial charge in [0.1, 0.15) is 11.5 Å². The van der Waals surface area contributed by atoms with E-state index in [-0.39, 0.29) is 11.1 Å². The van der Waals surface area contributed by atoms with Crippen molar-refractivity contribution in [1.82, 2.24) is 0 Å². The molecule has 0 spiro atoms. The van der Waals surface area contributed by atoms with Gasteiger partial charge in [-0.05, 0) is 23.8 Å². The Hall–Kier alpha value is -2.31. The first-order chi connectivity index (χ1) is 9.26. The van der Waals surface area contributed by atoms with Crippen molar-refractivity contribution in [2.45, 2.75) is 6.36 Å². The molecule has 2 aromatic rings. The average molecular weight is 290 g/mol. The van der Waals surface area contributed by atoms with Crippen LogP contribution >= 0.6 is 0 Å². The Kier molecular flexibility index (Phi) is 3.52. The van der Waals surface area contributed by atoms with Gasteiger partial charge in [-0.1, -0.05) is 12.1 Å². The SMILES string of the molecule is Oc1cc(OC(F)(F)F)cc(-c2cccc(F)c2F)c1. The highest BCUT2D eigenvalue weighted by Gasteiger charge is 2.31. The van der Waals surface area contributed by atoms with Crippen molar-refractivity contribution < 1.29 is 31.8 Å². The fourth-order valence-electron chi connectivity index (χ4n) is 1.66. The number of ether oxygens (including phenoxy) is 1. The van der Waals surface area contributed by atoms with Crippen LogP contribution in [0.4, 0.5) is 22.0 Å². The second-order valence-electron chi connectivity index (χ2n) is 3.86. The summed E-state index contributed by atoms with van der Waals surface area (Å²) in [6.07, 6.45) is -4.95. The molecular weight excluding hydrogens is 283 g/mol. The van der Waals surface area contributed by atoms with Gasteiger partial charge in [0.05, 0.1) is 0 Å². The number of phenolic OH excluding ortho intramolecular Hbond substituents is 1. The van der Waals surface area contributed by atoms with Crippen LogP contribution in [0.3, 0.4) is 0 Å². The van der Waals surface area contributed by atoms with Gasteiger partial charge in [-0.3, -0.25) is 0 Å². The highest BCUT2D eigenvalue weighted by molar-refractivity contribution is 5.67. The predicted octanol–water partition coefficient (Wildman–Crippen LogP) is 4.24. The molecule has 0 amide bonds. The van der Waals surface area contributed by atoms with E-state index >= 15 is 0 Å². The Labute approximate surface area is 110 Å². The van der Waals surface area contributed by atoms with Crippen molar-refractivity contribution in [1.29, 1.82) is 0 Å². The van der Waals surface area contributed by atoms with Crippen molar-refractivity contribution in [3.05, 3.63) is 48.0 Å². The van der Waals surface area contributed by atoms with Gasteiger partial charge in [-0.25, -0.2) is 8.78 Å². The molecule has 7 heteroatoms. The maximum atomic E-state index is 13.6. The smallest absolute Gasteiger partial charge is 0.508 e. The van der Waals surface area contributed by atoms with Crippen LogP contribution in [-0.4, -0.2) is 11.5 Å². The number of hydrogen-bond acceptors (Lipinski definition) is 2. The number of rotatable bonds is 2. The highest BCUT2D eigenvalue weighted by Crippen LogP contribution is 2.33. The Morgan fingerprint density at radius 3 is 2.35 bits per heavy atom. The molecule has 0 saturated carbocycles. The topological polar surface area (TPSA) is 29.5 Å². The molecule has 20 heavy (non-hydrogen) atoms. The summed E-state index contributed by atoms with van der Waals surface area (Å²) >= 11 is 0. The first kappa shape index (κ1) is 14.1. The molecule has 0 heterocycles. The molecule has 0 aliphatic carbocycles. The first-order valence-electron chi connectivity index (χ1n) is 5.30. The molecule has 2 nitrogen and oxygen atoms in total. The van der Waals surface area contributed by atoms with Crippen LogP contribution in [-0.2, 0) is 0 Å². The standard InChI is InChI=1S/C13H7F5O2/c14-11-3-1-2-10(12(11)15)7-4-8(19)6-9(5-7)20-13(16,17)18/h1-6,19H. The third-order valence-corrected chi connectivity index (χ3v) is 2.39. The molecule has 0 radical (unpaired) electrons. The average Bonchev–Trinajstić information content (AvgIpc) is 2.29. The minimum Gasteiger partial charge on any atom is -0.508 e. The summed E-state index contributed by atoms with van der Waals surface area (Å²) in [4.78, 5) is 0. The van der Waals surface area contributed by atoms with Crippen LogP contribution in [0.2, 0.25) is 0 Å². The zero-order valence-corrected chi connectivity index (χ0v) is 9.71. The fraction of sp³-hybridized carbons (Fsp3) is 0.0769. The number of phenols is 1. The normalized spacial score (nSPS) is 11.4. The molecule has 0 bridgehead atoms. The number of alkyl halides is 3. The largest absolute Gasteiger partial charge is 0.573 e. The van der Waals surface area contributed by atoms with E-state index in [0.717, 1.165) is 18.2 Å². The van der Waals surface area contributed by atoms with Crippen LogP contribution in [0, 0.1) is 11.6 Å². The van der Waals surface area contributed by atoms with Gasteiger partial charge in [0.2, 0.25) is 0 Å². The van der Waals surface area contributed by atoms with E-state index in [1.54, 1.807) is 0 Å². The summed E-state index contributed by atoms with van der Waals surface area (Å²) in [6, 6.07) is 5.81. The molecular formula is C13H7F5O2. The van der Waals surface area contributed by atoms with Crippen LogP contribution < -0.4 is 4.74 Å². The van der Waals surface area contributed by atoms with Crippen LogP contribution in [0.5, 0.6) is 11.5 Å². The molecule has 2 rings (SSSR count). The molecule has 0 aromatic heterocycles. The lowest BCUT2D eigenvalue weighted by Crippen LogP contribution is -2.17. The van der Waals surface area contributed by atoms with Crippen LogP contribution in [0.1, 0.15) is 0 Å². The monoisotopic (exact) mass is 290 g/mol. The molecule has 2 aromatic carbocycles. The van der Waals surface area contributed by atoms with Gasteiger partial charge in [0, 0.05) is 11.6 Å². The quantitative estimate of drug-likeness (QED) is 0.838. The number of aromatic hydroxyl groups is 1. The van der Waals surface area contributed by atoms with Gasteiger partial charge < -0.3 is 9.84 Å². The summed E-state index contributed by atoms with van der Waals surface area (Å²) in [5.74, 6) is -3.67. The van der Waals surface area contributed by atoms with Crippen molar-refractivity contribution in [2.24, 2.45) is 0 Å².